The lowest BCUT2D eigenvalue weighted by Gasteiger charge is -2.31. The van der Waals surface area contributed by atoms with E-state index in [1.165, 1.54) is 4.90 Å². The molecule has 0 saturated carbocycles. The molecule has 89 valence electrons. The van der Waals surface area contributed by atoms with Gasteiger partial charge in [0.25, 0.3) is 0 Å². The maximum Gasteiger partial charge on any atom is 0.178 e. The Bertz CT molecular complexity index is 333. The van der Waals surface area contributed by atoms with Gasteiger partial charge in [0.05, 0.1) is 0 Å². The Morgan fingerprint density at radius 3 is 1.94 bits per heavy atom. The van der Waals surface area contributed by atoms with Crippen LogP contribution >= 0.6 is 11.8 Å². The van der Waals surface area contributed by atoms with Crippen LogP contribution in [0.4, 0.5) is 0 Å². The van der Waals surface area contributed by atoms with Gasteiger partial charge in [0.15, 0.2) is 5.75 Å². The van der Waals surface area contributed by atoms with Crippen LogP contribution in [0, 0.1) is 5.41 Å². The molecule has 0 saturated heterocycles. The van der Waals surface area contributed by atoms with E-state index in [4.69, 9.17) is 0 Å². The molecule has 0 bridgehead atoms. The molecule has 1 rings (SSSR count). The van der Waals surface area contributed by atoms with Gasteiger partial charge < -0.3 is 0 Å². The Morgan fingerprint density at radius 2 is 1.50 bits per heavy atom. The lowest BCUT2D eigenvalue weighted by Crippen LogP contribution is -2.23. The first-order valence-corrected chi connectivity index (χ1v) is 6.46. The molecular weight excluding hydrogens is 216 g/mol. The van der Waals surface area contributed by atoms with Gasteiger partial charge in [-0.2, -0.15) is 0 Å². The van der Waals surface area contributed by atoms with Crippen molar-refractivity contribution < 1.29 is 5.11 Å². The molecule has 0 unspecified atom stereocenters. The minimum Gasteiger partial charge on any atom is -0.290 e. The summed E-state index contributed by atoms with van der Waals surface area (Å²) in [7, 11) is 0. The Labute approximate surface area is 103 Å². The van der Waals surface area contributed by atoms with Gasteiger partial charge in [-0.15, -0.1) is 11.8 Å². The van der Waals surface area contributed by atoms with Gasteiger partial charge in [0.1, 0.15) is 0 Å². The smallest absolute Gasteiger partial charge is 0.178 e. The number of benzene rings is 1. The third-order valence-electron chi connectivity index (χ3n) is 2.17. The zero-order valence-electron chi connectivity index (χ0n) is 10.8. The summed E-state index contributed by atoms with van der Waals surface area (Å²) in [6.45, 7) is 11.3. The number of hydrogen-bond acceptors (Lipinski definition) is 1. The van der Waals surface area contributed by atoms with Crippen LogP contribution in [0.2, 0.25) is 0 Å². The van der Waals surface area contributed by atoms with Crippen molar-refractivity contribution in [1.29, 1.82) is 0 Å². The first-order valence-electron chi connectivity index (χ1n) is 5.64. The first-order chi connectivity index (χ1) is 7.18. The van der Waals surface area contributed by atoms with Crippen molar-refractivity contribution in [1.82, 2.24) is 0 Å². The van der Waals surface area contributed by atoms with Gasteiger partial charge in [0.2, 0.25) is 0 Å². The van der Waals surface area contributed by atoms with Crippen molar-refractivity contribution in [2.24, 2.45) is 5.41 Å². The molecular formula is C14H21OS. The molecule has 0 heterocycles. The van der Waals surface area contributed by atoms with Gasteiger partial charge in [-0.25, -0.2) is 0 Å². The van der Waals surface area contributed by atoms with Gasteiger partial charge in [-0.1, -0.05) is 34.6 Å². The summed E-state index contributed by atoms with van der Waals surface area (Å²) >= 11 is 1.84. The first kappa shape index (κ1) is 13.4. The summed E-state index contributed by atoms with van der Waals surface area (Å²) in [6, 6.07) is 7.10. The van der Waals surface area contributed by atoms with Crippen molar-refractivity contribution in [3.8, 4) is 5.75 Å². The Balaban J connectivity index is 2.69. The predicted octanol–water partition coefficient (Wildman–Crippen LogP) is 5.14. The van der Waals surface area contributed by atoms with Crippen molar-refractivity contribution >= 4 is 11.8 Å². The zero-order valence-corrected chi connectivity index (χ0v) is 11.6. The Morgan fingerprint density at radius 1 is 1.00 bits per heavy atom. The maximum atomic E-state index is 11.0. The highest BCUT2D eigenvalue weighted by Crippen LogP contribution is 2.40. The van der Waals surface area contributed by atoms with Crippen LogP contribution < -0.4 is 0 Å². The summed E-state index contributed by atoms with van der Waals surface area (Å²) in [5, 5.41) is 11.0. The fourth-order valence-corrected chi connectivity index (χ4v) is 3.56. The molecule has 0 aliphatic rings. The average molecular weight is 237 g/mol. The molecule has 1 aromatic carbocycles. The predicted molar refractivity (Wildman–Crippen MR) is 70.6 cm³/mol. The standard InChI is InChI=1S/C14H21OS/c1-13(2,3)10-14(4,5)16-12-8-6-11(15)7-9-12/h6-9H,10H2,1-5H3. The molecule has 0 N–H and O–H groups in total. The Kier molecular flexibility index (Phi) is 3.95. The third-order valence-corrected chi connectivity index (χ3v) is 3.38. The molecule has 16 heavy (non-hydrogen) atoms. The molecule has 1 radical (unpaired) electrons. The summed E-state index contributed by atoms with van der Waals surface area (Å²) in [5.74, 6) is 0.0815. The summed E-state index contributed by atoms with van der Waals surface area (Å²) in [5.41, 5.74) is 0.328. The van der Waals surface area contributed by atoms with E-state index in [9.17, 15) is 5.11 Å². The van der Waals surface area contributed by atoms with Crippen molar-refractivity contribution in [3.63, 3.8) is 0 Å². The van der Waals surface area contributed by atoms with Crippen LogP contribution in [0.3, 0.4) is 0 Å². The summed E-state index contributed by atoms with van der Waals surface area (Å²) in [6.07, 6.45) is 1.14. The average Bonchev–Trinajstić information content (AvgIpc) is 2.04. The van der Waals surface area contributed by atoms with Crippen LogP contribution in [0.5, 0.6) is 5.75 Å². The molecule has 0 amide bonds. The van der Waals surface area contributed by atoms with Crippen molar-refractivity contribution in [2.75, 3.05) is 0 Å². The van der Waals surface area contributed by atoms with Crippen LogP contribution in [0.25, 0.3) is 0 Å². The monoisotopic (exact) mass is 237 g/mol. The van der Waals surface area contributed by atoms with Gasteiger partial charge in [-0.3, -0.25) is 5.11 Å². The van der Waals surface area contributed by atoms with E-state index < -0.39 is 0 Å². The maximum absolute atomic E-state index is 11.0. The highest BCUT2D eigenvalue weighted by Gasteiger charge is 2.26. The molecule has 0 aromatic heterocycles. The molecule has 2 heteroatoms. The number of rotatable bonds is 3. The number of thioether (sulfide) groups is 1. The summed E-state index contributed by atoms with van der Waals surface area (Å²) < 4.78 is 0.197. The largest absolute Gasteiger partial charge is 0.290 e. The molecule has 0 aliphatic heterocycles. The van der Waals surface area contributed by atoms with E-state index in [1.54, 1.807) is 12.1 Å². The second-order valence-electron chi connectivity index (χ2n) is 6.07. The molecule has 1 aromatic rings. The molecule has 0 spiro atoms. The van der Waals surface area contributed by atoms with Crippen LogP contribution in [-0.2, 0) is 5.11 Å². The van der Waals surface area contributed by atoms with E-state index in [2.05, 4.69) is 34.6 Å². The van der Waals surface area contributed by atoms with E-state index in [-0.39, 0.29) is 10.5 Å². The zero-order chi connectivity index (χ0) is 12.4. The number of hydrogen-bond donors (Lipinski definition) is 0. The Hall–Kier alpha value is -0.630. The SMILES string of the molecule is CC(C)(C)CC(C)(C)Sc1ccc([O])cc1. The fraction of sp³-hybridized carbons (Fsp3) is 0.571. The second kappa shape index (κ2) is 4.70. The summed E-state index contributed by atoms with van der Waals surface area (Å²) in [4.78, 5) is 1.17. The molecule has 0 atom stereocenters. The highest BCUT2D eigenvalue weighted by atomic mass is 32.2. The van der Waals surface area contributed by atoms with Crippen LogP contribution in [-0.4, -0.2) is 4.75 Å². The van der Waals surface area contributed by atoms with Gasteiger partial charge in [0, 0.05) is 9.64 Å². The molecule has 0 fully saturated rings. The topological polar surface area (TPSA) is 19.9 Å². The fourth-order valence-electron chi connectivity index (χ4n) is 2.14. The van der Waals surface area contributed by atoms with E-state index in [0.29, 0.717) is 5.41 Å². The van der Waals surface area contributed by atoms with E-state index in [0.717, 1.165) is 6.42 Å². The molecule has 1 nitrogen and oxygen atoms in total. The van der Waals surface area contributed by atoms with Crippen molar-refractivity contribution in [3.05, 3.63) is 24.3 Å². The van der Waals surface area contributed by atoms with E-state index >= 15 is 0 Å². The van der Waals surface area contributed by atoms with Crippen LogP contribution in [0.1, 0.15) is 41.0 Å². The van der Waals surface area contributed by atoms with Crippen molar-refractivity contribution in [2.45, 2.75) is 50.7 Å². The van der Waals surface area contributed by atoms with Gasteiger partial charge in [-0.05, 0) is 36.1 Å². The van der Waals surface area contributed by atoms with Gasteiger partial charge >= 0.3 is 0 Å². The minimum absolute atomic E-state index is 0.0815. The lowest BCUT2D eigenvalue weighted by molar-refractivity contribution is 0.339. The lowest BCUT2D eigenvalue weighted by atomic mass is 9.86. The third kappa shape index (κ3) is 4.93. The quantitative estimate of drug-likeness (QED) is 0.667. The molecule has 0 aliphatic carbocycles. The van der Waals surface area contributed by atoms with E-state index in [1.807, 2.05) is 23.9 Å². The minimum atomic E-state index is 0.0815. The second-order valence-corrected chi connectivity index (χ2v) is 7.85. The highest BCUT2D eigenvalue weighted by molar-refractivity contribution is 8.00. The van der Waals surface area contributed by atoms with Crippen LogP contribution in [0.15, 0.2) is 29.2 Å². The normalized spacial score (nSPS) is 12.8.